The molecule has 0 fully saturated rings. The van der Waals surface area contributed by atoms with E-state index in [1.54, 1.807) is 6.92 Å². The van der Waals surface area contributed by atoms with E-state index in [0.717, 1.165) is 30.9 Å². The Hall–Kier alpha value is 0.330. The Labute approximate surface area is 89.2 Å². The lowest BCUT2D eigenvalue weighted by Crippen LogP contribution is -2.14. The first-order chi connectivity index (χ1) is 6.13. The Morgan fingerprint density at radius 1 is 1.23 bits per heavy atom. The molecule has 0 aromatic carbocycles. The molecule has 4 heteroatoms. The molecule has 0 heterocycles. The molecule has 0 aromatic heterocycles. The Kier molecular flexibility index (Phi) is 9.13. The highest BCUT2D eigenvalue weighted by molar-refractivity contribution is 8.76. The van der Waals surface area contributed by atoms with Gasteiger partial charge in [-0.2, -0.15) is 0 Å². The van der Waals surface area contributed by atoms with Gasteiger partial charge in [0.1, 0.15) is 5.78 Å². The summed E-state index contributed by atoms with van der Waals surface area (Å²) in [5.74, 6) is 2.56. The summed E-state index contributed by atoms with van der Waals surface area (Å²) in [6.07, 6.45) is 1.76. The monoisotopic (exact) mass is 221 g/mol. The van der Waals surface area contributed by atoms with Crippen LogP contribution >= 0.6 is 21.6 Å². The SMILES string of the molecule is CC(=O)CCCSSCCN(C)C. The van der Waals surface area contributed by atoms with E-state index in [9.17, 15) is 4.79 Å². The molecule has 0 unspecified atom stereocenters. The normalized spacial score (nSPS) is 10.8. The van der Waals surface area contributed by atoms with Crippen LogP contribution in [-0.2, 0) is 4.79 Å². The summed E-state index contributed by atoms with van der Waals surface area (Å²) in [4.78, 5) is 12.8. The summed E-state index contributed by atoms with van der Waals surface area (Å²) in [5.41, 5.74) is 0. The van der Waals surface area contributed by atoms with E-state index in [1.807, 2.05) is 21.6 Å². The second-order valence-corrected chi connectivity index (χ2v) is 5.95. The average Bonchev–Trinajstić information content (AvgIpc) is 2.01. The molecule has 0 aliphatic rings. The van der Waals surface area contributed by atoms with Crippen molar-refractivity contribution < 1.29 is 4.79 Å². The van der Waals surface area contributed by atoms with E-state index in [0.29, 0.717) is 5.78 Å². The molecule has 13 heavy (non-hydrogen) atoms. The molecular weight excluding hydrogens is 202 g/mol. The van der Waals surface area contributed by atoms with Gasteiger partial charge in [-0.05, 0) is 27.4 Å². The van der Waals surface area contributed by atoms with Crippen LogP contribution in [0.15, 0.2) is 0 Å². The van der Waals surface area contributed by atoms with Crippen LogP contribution < -0.4 is 0 Å². The van der Waals surface area contributed by atoms with Crippen LogP contribution in [-0.4, -0.2) is 42.8 Å². The van der Waals surface area contributed by atoms with Crippen LogP contribution in [0.1, 0.15) is 19.8 Å². The summed E-state index contributed by atoms with van der Waals surface area (Å²) in [7, 11) is 7.94. The van der Waals surface area contributed by atoms with Gasteiger partial charge >= 0.3 is 0 Å². The topological polar surface area (TPSA) is 20.3 Å². The number of hydrogen-bond acceptors (Lipinski definition) is 4. The van der Waals surface area contributed by atoms with Gasteiger partial charge < -0.3 is 9.69 Å². The van der Waals surface area contributed by atoms with Gasteiger partial charge in [-0.1, -0.05) is 21.6 Å². The van der Waals surface area contributed by atoms with E-state index >= 15 is 0 Å². The molecule has 0 radical (unpaired) electrons. The van der Waals surface area contributed by atoms with Crippen molar-refractivity contribution in [3.05, 3.63) is 0 Å². The van der Waals surface area contributed by atoms with E-state index < -0.39 is 0 Å². The molecule has 0 saturated heterocycles. The highest BCUT2D eigenvalue weighted by atomic mass is 33.1. The van der Waals surface area contributed by atoms with Crippen LogP contribution in [0.2, 0.25) is 0 Å². The molecule has 2 nitrogen and oxygen atoms in total. The molecule has 0 aliphatic heterocycles. The predicted molar refractivity (Wildman–Crippen MR) is 63.4 cm³/mol. The first-order valence-corrected chi connectivity index (χ1v) is 7.00. The molecule has 0 amide bonds. The van der Waals surface area contributed by atoms with Gasteiger partial charge in [-0.25, -0.2) is 0 Å². The number of hydrogen-bond donors (Lipinski definition) is 0. The maximum absolute atomic E-state index is 10.6. The Bertz CT molecular complexity index is 140. The van der Waals surface area contributed by atoms with Crippen molar-refractivity contribution in [2.75, 3.05) is 32.1 Å². The summed E-state index contributed by atoms with van der Waals surface area (Å²) in [6.45, 7) is 2.79. The Morgan fingerprint density at radius 3 is 2.38 bits per heavy atom. The lowest BCUT2D eigenvalue weighted by atomic mass is 10.3. The number of Topliss-reactive ketones (excluding diaryl/α,β-unsaturated/α-hetero) is 1. The summed E-state index contributed by atoms with van der Waals surface area (Å²) >= 11 is 0. The van der Waals surface area contributed by atoms with Gasteiger partial charge in [0.25, 0.3) is 0 Å². The zero-order valence-electron chi connectivity index (χ0n) is 8.71. The maximum Gasteiger partial charge on any atom is 0.129 e. The first-order valence-electron chi connectivity index (χ1n) is 4.51. The highest BCUT2D eigenvalue weighted by Gasteiger charge is 1.95. The van der Waals surface area contributed by atoms with E-state index in [-0.39, 0.29) is 0 Å². The van der Waals surface area contributed by atoms with Gasteiger partial charge in [0.2, 0.25) is 0 Å². The molecule has 0 aromatic rings. The standard InChI is InChI=1S/C9H19NOS2/c1-9(11)5-4-7-12-13-8-6-10(2)3/h4-8H2,1-3H3. The number of ketones is 1. The molecule has 0 bridgehead atoms. The molecule has 0 atom stereocenters. The Balaban J connectivity index is 2.96. The van der Waals surface area contributed by atoms with Gasteiger partial charge in [-0.15, -0.1) is 0 Å². The van der Waals surface area contributed by atoms with Gasteiger partial charge in [0.05, 0.1) is 0 Å². The first kappa shape index (κ1) is 13.3. The smallest absolute Gasteiger partial charge is 0.129 e. The zero-order valence-corrected chi connectivity index (χ0v) is 10.3. The minimum absolute atomic E-state index is 0.305. The van der Waals surface area contributed by atoms with Crippen molar-refractivity contribution in [3.63, 3.8) is 0 Å². The molecule has 0 spiro atoms. The fourth-order valence-corrected chi connectivity index (χ4v) is 2.94. The maximum atomic E-state index is 10.6. The zero-order chi connectivity index (χ0) is 10.1. The van der Waals surface area contributed by atoms with Crippen molar-refractivity contribution in [2.45, 2.75) is 19.8 Å². The van der Waals surface area contributed by atoms with Crippen molar-refractivity contribution >= 4 is 27.4 Å². The quantitative estimate of drug-likeness (QED) is 0.463. The third-order valence-electron chi connectivity index (χ3n) is 1.46. The minimum Gasteiger partial charge on any atom is -0.309 e. The van der Waals surface area contributed by atoms with Crippen molar-refractivity contribution in [1.82, 2.24) is 4.90 Å². The van der Waals surface area contributed by atoms with Gasteiger partial charge in [-0.3, -0.25) is 0 Å². The van der Waals surface area contributed by atoms with Crippen molar-refractivity contribution in [2.24, 2.45) is 0 Å². The molecule has 0 N–H and O–H groups in total. The van der Waals surface area contributed by atoms with Crippen LogP contribution in [0, 0.1) is 0 Å². The third-order valence-corrected chi connectivity index (χ3v) is 3.93. The second kappa shape index (κ2) is 8.91. The van der Waals surface area contributed by atoms with E-state index in [1.165, 1.54) is 0 Å². The van der Waals surface area contributed by atoms with E-state index in [4.69, 9.17) is 0 Å². The lowest BCUT2D eigenvalue weighted by Gasteiger charge is -2.07. The van der Waals surface area contributed by atoms with Gasteiger partial charge in [0, 0.05) is 24.5 Å². The number of carbonyl (C=O) groups excluding carboxylic acids is 1. The van der Waals surface area contributed by atoms with Crippen molar-refractivity contribution in [1.29, 1.82) is 0 Å². The van der Waals surface area contributed by atoms with Crippen molar-refractivity contribution in [3.8, 4) is 0 Å². The summed E-state index contributed by atoms with van der Waals surface area (Å²) in [5, 5.41) is 0. The molecular formula is C9H19NOS2. The molecule has 0 aliphatic carbocycles. The number of nitrogens with zero attached hydrogens (tertiary/aromatic N) is 1. The predicted octanol–water partition coefficient (Wildman–Crippen LogP) is 2.30. The number of rotatable bonds is 8. The molecule has 0 saturated carbocycles. The lowest BCUT2D eigenvalue weighted by molar-refractivity contribution is -0.117. The second-order valence-electron chi connectivity index (χ2n) is 3.25. The van der Waals surface area contributed by atoms with Crippen LogP contribution in [0.25, 0.3) is 0 Å². The average molecular weight is 221 g/mol. The third kappa shape index (κ3) is 12.3. The highest BCUT2D eigenvalue weighted by Crippen LogP contribution is 2.21. The molecule has 78 valence electrons. The summed E-state index contributed by atoms with van der Waals surface area (Å²) < 4.78 is 0. The Morgan fingerprint density at radius 2 is 1.85 bits per heavy atom. The van der Waals surface area contributed by atoms with Crippen LogP contribution in [0.3, 0.4) is 0 Å². The minimum atomic E-state index is 0.305. The fraction of sp³-hybridized carbons (Fsp3) is 0.889. The number of carbonyl (C=O) groups is 1. The van der Waals surface area contributed by atoms with Crippen LogP contribution in [0.5, 0.6) is 0 Å². The molecule has 0 rings (SSSR count). The van der Waals surface area contributed by atoms with E-state index in [2.05, 4.69) is 19.0 Å². The fourth-order valence-electron chi connectivity index (χ4n) is 0.718. The van der Waals surface area contributed by atoms with Gasteiger partial charge in [0.15, 0.2) is 0 Å². The largest absolute Gasteiger partial charge is 0.309 e. The van der Waals surface area contributed by atoms with Crippen LogP contribution in [0.4, 0.5) is 0 Å². The summed E-state index contributed by atoms with van der Waals surface area (Å²) in [6, 6.07) is 0.